The van der Waals surface area contributed by atoms with E-state index in [1.54, 1.807) is 35.8 Å². The summed E-state index contributed by atoms with van der Waals surface area (Å²) in [5, 5.41) is 14.3. The van der Waals surface area contributed by atoms with Crippen LogP contribution in [0, 0.1) is 11.3 Å². The van der Waals surface area contributed by atoms with Crippen molar-refractivity contribution in [2.75, 3.05) is 5.32 Å². The van der Waals surface area contributed by atoms with Gasteiger partial charge < -0.3 is 0 Å². The first-order valence-electron chi connectivity index (χ1n) is 5.28. The Morgan fingerprint density at radius 1 is 1.47 bits per heavy atom. The molecule has 1 aromatic heterocycles. The van der Waals surface area contributed by atoms with Gasteiger partial charge in [-0.15, -0.1) is 11.3 Å². The van der Waals surface area contributed by atoms with Crippen LogP contribution in [0.3, 0.4) is 0 Å². The van der Waals surface area contributed by atoms with Crippen molar-refractivity contribution < 1.29 is 4.79 Å². The Bertz CT molecular complexity index is 659. The molecule has 0 spiro atoms. The number of carbonyl (C=O) groups excluding carboxylic acids is 1. The summed E-state index contributed by atoms with van der Waals surface area (Å²) in [6.45, 7) is 0. The molecule has 1 amide bonds. The predicted molar refractivity (Wildman–Crippen MR) is 75.8 cm³/mol. The molecule has 1 aromatic carbocycles. The summed E-state index contributed by atoms with van der Waals surface area (Å²) < 4.78 is 0. The average molecular weight is 290 g/mol. The van der Waals surface area contributed by atoms with Crippen molar-refractivity contribution in [2.45, 2.75) is 0 Å². The van der Waals surface area contributed by atoms with E-state index in [2.05, 4.69) is 10.3 Å². The molecule has 6 heteroatoms. The zero-order valence-corrected chi connectivity index (χ0v) is 11.2. The maximum Gasteiger partial charge on any atom is 0.268 e. The van der Waals surface area contributed by atoms with Gasteiger partial charge in [-0.25, -0.2) is 4.98 Å². The Hall–Kier alpha value is -2.16. The third-order valence-electron chi connectivity index (χ3n) is 2.22. The number of nitriles is 1. The summed E-state index contributed by atoms with van der Waals surface area (Å²) in [4.78, 5) is 15.8. The first-order valence-corrected chi connectivity index (χ1v) is 6.53. The largest absolute Gasteiger partial charge is 0.297 e. The third-order valence-corrected chi connectivity index (χ3v) is 3.26. The number of halogens is 1. The second-order valence-electron chi connectivity index (χ2n) is 3.48. The molecule has 0 atom stereocenters. The van der Waals surface area contributed by atoms with Crippen LogP contribution in [0.2, 0.25) is 5.02 Å². The Morgan fingerprint density at radius 2 is 2.26 bits per heavy atom. The molecule has 0 fully saturated rings. The first-order chi connectivity index (χ1) is 9.20. The minimum atomic E-state index is -0.502. The van der Waals surface area contributed by atoms with Gasteiger partial charge in [0.15, 0.2) is 5.13 Å². The van der Waals surface area contributed by atoms with E-state index < -0.39 is 5.91 Å². The van der Waals surface area contributed by atoms with Gasteiger partial charge in [-0.05, 0) is 17.7 Å². The van der Waals surface area contributed by atoms with Crippen LogP contribution in [0.5, 0.6) is 0 Å². The van der Waals surface area contributed by atoms with Gasteiger partial charge in [-0.2, -0.15) is 5.26 Å². The lowest BCUT2D eigenvalue weighted by Crippen LogP contribution is -2.13. The van der Waals surface area contributed by atoms with E-state index in [0.29, 0.717) is 15.7 Å². The summed E-state index contributed by atoms with van der Waals surface area (Å²) in [5.41, 5.74) is 0.596. The van der Waals surface area contributed by atoms with E-state index in [9.17, 15) is 4.79 Å². The van der Waals surface area contributed by atoms with Crippen molar-refractivity contribution >= 4 is 40.1 Å². The van der Waals surface area contributed by atoms with E-state index in [4.69, 9.17) is 16.9 Å². The molecular formula is C13H8ClN3OS. The van der Waals surface area contributed by atoms with Crippen LogP contribution in [0.4, 0.5) is 5.13 Å². The third kappa shape index (κ3) is 3.41. The fourth-order valence-corrected chi connectivity index (χ4v) is 2.06. The number of aromatic nitrogens is 1. The van der Waals surface area contributed by atoms with Crippen LogP contribution in [0.1, 0.15) is 5.56 Å². The number of nitrogens with one attached hydrogen (secondary N) is 1. The molecule has 1 heterocycles. The number of nitrogens with zero attached hydrogens (tertiary/aromatic N) is 2. The lowest BCUT2D eigenvalue weighted by atomic mass is 10.1. The highest BCUT2D eigenvalue weighted by atomic mass is 35.5. The van der Waals surface area contributed by atoms with Crippen molar-refractivity contribution in [3.63, 3.8) is 0 Å². The fourth-order valence-electron chi connectivity index (χ4n) is 1.35. The van der Waals surface area contributed by atoms with E-state index in [1.807, 2.05) is 6.07 Å². The zero-order valence-electron chi connectivity index (χ0n) is 9.63. The molecule has 0 aliphatic heterocycles. The van der Waals surface area contributed by atoms with Gasteiger partial charge in [-0.1, -0.05) is 29.8 Å². The SMILES string of the molecule is N#C/C(=C/c1ccccc1Cl)C(=O)Nc1nccs1. The van der Waals surface area contributed by atoms with E-state index in [-0.39, 0.29) is 5.57 Å². The van der Waals surface area contributed by atoms with Crippen LogP contribution in [0.25, 0.3) is 6.08 Å². The second-order valence-corrected chi connectivity index (χ2v) is 4.78. The summed E-state index contributed by atoms with van der Waals surface area (Å²) in [6, 6.07) is 8.85. The molecule has 0 aliphatic rings. The highest BCUT2D eigenvalue weighted by Crippen LogP contribution is 2.19. The highest BCUT2D eigenvalue weighted by molar-refractivity contribution is 7.13. The van der Waals surface area contributed by atoms with Gasteiger partial charge in [-0.3, -0.25) is 10.1 Å². The lowest BCUT2D eigenvalue weighted by Gasteiger charge is -2.01. The van der Waals surface area contributed by atoms with E-state index in [0.717, 1.165) is 0 Å². The van der Waals surface area contributed by atoms with Crippen LogP contribution < -0.4 is 5.32 Å². The molecular weight excluding hydrogens is 282 g/mol. The maximum atomic E-state index is 11.9. The van der Waals surface area contributed by atoms with Gasteiger partial charge in [0.05, 0.1) is 0 Å². The molecule has 94 valence electrons. The van der Waals surface area contributed by atoms with E-state index >= 15 is 0 Å². The predicted octanol–water partition coefficient (Wildman–Crippen LogP) is 3.34. The first kappa shape index (κ1) is 13.3. The molecule has 0 aliphatic carbocycles. The quantitative estimate of drug-likeness (QED) is 0.696. The zero-order chi connectivity index (χ0) is 13.7. The molecule has 19 heavy (non-hydrogen) atoms. The smallest absolute Gasteiger partial charge is 0.268 e. The van der Waals surface area contributed by atoms with Crippen LogP contribution in [0.15, 0.2) is 41.4 Å². The lowest BCUT2D eigenvalue weighted by molar-refractivity contribution is -0.112. The van der Waals surface area contributed by atoms with Crippen LogP contribution in [-0.4, -0.2) is 10.9 Å². The molecule has 2 aromatic rings. The Labute approximate surface area is 119 Å². The number of amides is 1. The molecule has 0 saturated heterocycles. The number of carbonyl (C=O) groups is 1. The molecule has 0 bridgehead atoms. The monoisotopic (exact) mass is 289 g/mol. The van der Waals surface area contributed by atoms with Crippen LogP contribution >= 0.6 is 22.9 Å². The van der Waals surface area contributed by atoms with E-state index in [1.165, 1.54) is 17.4 Å². The standard InChI is InChI=1S/C13H8ClN3OS/c14-11-4-2-1-3-9(11)7-10(8-15)12(18)17-13-16-5-6-19-13/h1-7H,(H,16,17,18)/b10-7-. The summed E-state index contributed by atoms with van der Waals surface area (Å²) >= 11 is 7.26. The summed E-state index contributed by atoms with van der Waals surface area (Å²) in [5.74, 6) is -0.502. The van der Waals surface area contributed by atoms with Crippen molar-refractivity contribution in [3.8, 4) is 6.07 Å². The minimum Gasteiger partial charge on any atom is -0.297 e. The van der Waals surface area contributed by atoms with Gasteiger partial charge in [0.25, 0.3) is 5.91 Å². The number of thiazole rings is 1. The van der Waals surface area contributed by atoms with Crippen molar-refractivity contribution in [1.29, 1.82) is 5.26 Å². The Kier molecular flexibility index (Phi) is 4.29. The van der Waals surface area contributed by atoms with Crippen molar-refractivity contribution in [1.82, 2.24) is 4.98 Å². The van der Waals surface area contributed by atoms with Gasteiger partial charge in [0.2, 0.25) is 0 Å². The molecule has 2 rings (SSSR count). The number of benzene rings is 1. The van der Waals surface area contributed by atoms with Crippen molar-refractivity contribution in [3.05, 3.63) is 52.0 Å². The second kappa shape index (κ2) is 6.14. The number of hydrogen-bond acceptors (Lipinski definition) is 4. The van der Waals surface area contributed by atoms with Gasteiger partial charge in [0, 0.05) is 16.6 Å². The number of anilines is 1. The maximum absolute atomic E-state index is 11.9. The van der Waals surface area contributed by atoms with Crippen molar-refractivity contribution in [2.24, 2.45) is 0 Å². The molecule has 0 radical (unpaired) electrons. The normalized spacial score (nSPS) is 10.8. The fraction of sp³-hybridized carbons (Fsp3) is 0. The molecule has 0 saturated carbocycles. The topological polar surface area (TPSA) is 65.8 Å². The van der Waals surface area contributed by atoms with Gasteiger partial charge >= 0.3 is 0 Å². The summed E-state index contributed by atoms with van der Waals surface area (Å²) in [6.07, 6.45) is 3.02. The molecule has 4 nitrogen and oxygen atoms in total. The number of hydrogen-bond donors (Lipinski definition) is 1. The molecule has 1 N–H and O–H groups in total. The number of rotatable bonds is 3. The Balaban J connectivity index is 2.23. The highest BCUT2D eigenvalue weighted by Gasteiger charge is 2.11. The Morgan fingerprint density at radius 3 is 2.89 bits per heavy atom. The molecule has 0 unspecified atom stereocenters. The summed E-state index contributed by atoms with van der Waals surface area (Å²) in [7, 11) is 0. The average Bonchev–Trinajstić information content (AvgIpc) is 2.90. The minimum absolute atomic E-state index is 0.0247. The van der Waals surface area contributed by atoms with Crippen LogP contribution in [-0.2, 0) is 4.79 Å². The van der Waals surface area contributed by atoms with Gasteiger partial charge in [0.1, 0.15) is 11.6 Å².